The standard InChI is InChI=1S/C19H22BrN5OS.ClH/c1-25-19(22-23-24-25)27-11-5-10-21-13-16-8-9-18(17(20)12-16)26-14-15-6-3-2-4-7-15;/h2-4,6-9,12,21H,5,10-11,13-14H2,1H3;1H. The van der Waals surface area contributed by atoms with Crippen LogP contribution in [0.15, 0.2) is 58.2 Å². The van der Waals surface area contributed by atoms with Gasteiger partial charge < -0.3 is 10.1 Å². The van der Waals surface area contributed by atoms with Gasteiger partial charge in [0.15, 0.2) is 0 Å². The minimum absolute atomic E-state index is 0. The molecule has 9 heteroatoms. The summed E-state index contributed by atoms with van der Waals surface area (Å²) in [6, 6.07) is 16.4. The Balaban J connectivity index is 0.00000280. The first-order valence-corrected chi connectivity index (χ1v) is 10.5. The summed E-state index contributed by atoms with van der Waals surface area (Å²) in [7, 11) is 1.85. The van der Waals surface area contributed by atoms with Crippen molar-refractivity contribution in [3.8, 4) is 5.75 Å². The largest absolute Gasteiger partial charge is 0.488 e. The van der Waals surface area contributed by atoms with Crippen molar-refractivity contribution in [3.05, 3.63) is 64.1 Å². The van der Waals surface area contributed by atoms with Crippen LogP contribution in [0.1, 0.15) is 17.5 Å². The topological polar surface area (TPSA) is 64.9 Å². The second kappa shape index (κ2) is 12.1. The molecule has 0 atom stereocenters. The summed E-state index contributed by atoms with van der Waals surface area (Å²) in [5.74, 6) is 1.84. The van der Waals surface area contributed by atoms with E-state index in [2.05, 4.69) is 61.0 Å². The Kier molecular flexibility index (Phi) is 9.77. The molecule has 1 heterocycles. The molecule has 0 fully saturated rings. The molecule has 2 aromatic carbocycles. The average Bonchev–Trinajstić information content (AvgIpc) is 3.09. The zero-order valence-corrected chi connectivity index (χ0v) is 18.8. The quantitative estimate of drug-likeness (QED) is 0.343. The van der Waals surface area contributed by atoms with E-state index in [-0.39, 0.29) is 12.4 Å². The van der Waals surface area contributed by atoms with Crippen molar-refractivity contribution < 1.29 is 4.74 Å². The molecule has 0 saturated heterocycles. The number of nitrogens with zero attached hydrogens (tertiary/aromatic N) is 4. The SMILES string of the molecule is Cl.Cn1nnnc1SCCCNCc1ccc(OCc2ccccc2)c(Br)c1. The molecule has 3 aromatic rings. The molecule has 0 amide bonds. The molecule has 0 radical (unpaired) electrons. The van der Waals surface area contributed by atoms with E-state index in [0.29, 0.717) is 6.61 Å². The van der Waals surface area contributed by atoms with Crippen molar-refractivity contribution in [2.45, 2.75) is 24.7 Å². The highest BCUT2D eigenvalue weighted by Gasteiger charge is 2.04. The number of hydrogen-bond donors (Lipinski definition) is 1. The maximum Gasteiger partial charge on any atom is 0.209 e. The number of thioether (sulfide) groups is 1. The Morgan fingerprint density at radius 2 is 1.96 bits per heavy atom. The van der Waals surface area contributed by atoms with Crippen molar-refractivity contribution >= 4 is 40.1 Å². The molecule has 150 valence electrons. The number of ether oxygens (including phenoxy) is 1. The molecular weight excluding hydrogens is 462 g/mol. The van der Waals surface area contributed by atoms with E-state index in [9.17, 15) is 0 Å². The number of benzene rings is 2. The summed E-state index contributed by atoms with van der Waals surface area (Å²) in [4.78, 5) is 0. The van der Waals surface area contributed by atoms with E-state index in [1.807, 2.05) is 31.3 Å². The number of tetrazole rings is 1. The third-order valence-electron chi connectivity index (χ3n) is 3.87. The molecule has 6 nitrogen and oxygen atoms in total. The lowest BCUT2D eigenvalue weighted by Gasteiger charge is -2.10. The summed E-state index contributed by atoms with van der Waals surface area (Å²) in [5.41, 5.74) is 2.38. The highest BCUT2D eigenvalue weighted by atomic mass is 79.9. The zero-order chi connectivity index (χ0) is 18.9. The van der Waals surface area contributed by atoms with Gasteiger partial charge in [0, 0.05) is 19.3 Å². The zero-order valence-electron chi connectivity index (χ0n) is 15.5. The van der Waals surface area contributed by atoms with Gasteiger partial charge in [-0.3, -0.25) is 0 Å². The van der Waals surface area contributed by atoms with E-state index in [1.165, 1.54) is 5.56 Å². The van der Waals surface area contributed by atoms with Crippen LogP contribution < -0.4 is 10.1 Å². The lowest BCUT2D eigenvalue weighted by atomic mass is 10.2. The summed E-state index contributed by atoms with van der Waals surface area (Å²) in [5, 5.41) is 15.7. The number of aromatic nitrogens is 4. The molecule has 0 unspecified atom stereocenters. The smallest absolute Gasteiger partial charge is 0.209 e. The van der Waals surface area contributed by atoms with E-state index < -0.39 is 0 Å². The maximum absolute atomic E-state index is 5.89. The molecule has 0 aliphatic rings. The minimum Gasteiger partial charge on any atom is -0.488 e. The molecule has 1 aromatic heterocycles. The van der Waals surface area contributed by atoms with Crippen LogP contribution >= 0.6 is 40.1 Å². The van der Waals surface area contributed by atoms with Gasteiger partial charge in [-0.2, -0.15) is 0 Å². The van der Waals surface area contributed by atoms with Gasteiger partial charge in [0.2, 0.25) is 5.16 Å². The van der Waals surface area contributed by atoms with Crippen LogP contribution in [-0.2, 0) is 20.2 Å². The Labute approximate surface area is 184 Å². The Bertz CT molecular complexity index is 849. The van der Waals surface area contributed by atoms with Gasteiger partial charge in [-0.25, -0.2) is 4.68 Å². The molecule has 0 aliphatic carbocycles. The third kappa shape index (κ3) is 7.09. The summed E-state index contributed by atoms with van der Waals surface area (Å²) >= 11 is 5.28. The van der Waals surface area contributed by atoms with Crippen LogP contribution in [-0.4, -0.2) is 32.5 Å². The van der Waals surface area contributed by atoms with Crippen molar-refractivity contribution in [3.63, 3.8) is 0 Å². The number of nitrogens with one attached hydrogen (secondary N) is 1. The minimum atomic E-state index is 0. The molecule has 3 rings (SSSR count). The first-order chi connectivity index (χ1) is 13.2. The summed E-state index contributed by atoms with van der Waals surface area (Å²) < 4.78 is 8.56. The fourth-order valence-electron chi connectivity index (χ4n) is 2.44. The van der Waals surface area contributed by atoms with E-state index in [0.717, 1.165) is 46.2 Å². The molecule has 28 heavy (non-hydrogen) atoms. The monoisotopic (exact) mass is 483 g/mol. The van der Waals surface area contributed by atoms with Crippen molar-refractivity contribution in [2.75, 3.05) is 12.3 Å². The lowest BCUT2D eigenvalue weighted by Crippen LogP contribution is -2.15. The van der Waals surface area contributed by atoms with Gasteiger partial charge in [0.1, 0.15) is 12.4 Å². The van der Waals surface area contributed by atoms with Gasteiger partial charge in [-0.05, 0) is 62.6 Å². The second-order valence-corrected chi connectivity index (χ2v) is 7.92. The van der Waals surface area contributed by atoms with Gasteiger partial charge in [0.05, 0.1) is 4.47 Å². The molecule has 0 aliphatic heterocycles. The average molecular weight is 485 g/mol. The van der Waals surface area contributed by atoms with Crippen molar-refractivity contribution in [1.29, 1.82) is 0 Å². The van der Waals surface area contributed by atoms with Gasteiger partial charge in [-0.1, -0.05) is 48.2 Å². The van der Waals surface area contributed by atoms with Gasteiger partial charge >= 0.3 is 0 Å². The van der Waals surface area contributed by atoms with E-state index in [1.54, 1.807) is 16.4 Å². The van der Waals surface area contributed by atoms with Crippen LogP contribution in [0.4, 0.5) is 0 Å². The van der Waals surface area contributed by atoms with Crippen LogP contribution in [0.5, 0.6) is 5.75 Å². The lowest BCUT2D eigenvalue weighted by molar-refractivity contribution is 0.304. The van der Waals surface area contributed by atoms with Crippen LogP contribution in [0.2, 0.25) is 0 Å². The number of halogens is 2. The van der Waals surface area contributed by atoms with Crippen molar-refractivity contribution in [1.82, 2.24) is 25.5 Å². The highest BCUT2D eigenvalue weighted by molar-refractivity contribution is 9.10. The normalized spacial score (nSPS) is 10.5. The number of hydrogen-bond acceptors (Lipinski definition) is 6. The molecule has 1 N–H and O–H groups in total. The molecule has 0 saturated carbocycles. The fourth-order valence-corrected chi connectivity index (χ4v) is 3.77. The van der Waals surface area contributed by atoms with Crippen molar-refractivity contribution in [2.24, 2.45) is 7.05 Å². The Morgan fingerprint density at radius 1 is 1.14 bits per heavy atom. The molecule has 0 bridgehead atoms. The first-order valence-electron chi connectivity index (χ1n) is 8.73. The predicted molar refractivity (Wildman–Crippen MR) is 118 cm³/mol. The predicted octanol–water partition coefficient (Wildman–Crippen LogP) is 4.25. The third-order valence-corrected chi connectivity index (χ3v) is 5.59. The molecule has 0 spiro atoms. The number of aryl methyl sites for hydroxylation is 1. The second-order valence-electron chi connectivity index (χ2n) is 6.00. The molecular formula is C19H23BrClN5OS. The van der Waals surface area contributed by atoms with E-state index >= 15 is 0 Å². The van der Waals surface area contributed by atoms with Crippen LogP contribution in [0, 0.1) is 0 Å². The van der Waals surface area contributed by atoms with Gasteiger partial charge in [0.25, 0.3) is 0 Å². The highest BCUT2D eigenvalue weighted by Crippen LogP contribution is 2.26. The first kappa shape index (κ1) is 22.7. The summed E-state index contributed by atoms with van der Waals surface area (Å²) in [6.07, 6.45) is 1.05. The van der Waals surface area contributed by atoms with E-state index in [4.69, 9.17) is 4.74 Å². The van der Waals surface area contributed by atoms with Crippen LogP contribution in [0.25, 0.3) is 0 Å². The Morgan fingerprint density at radius 3 is 2.68 bits per heavy atom. The maximum atomic E-state index is 5.89. The summed E-state index contributed by atoms with van der Waals surface area (Å²) in [6.45, 7) is 2.34. The van der Waals surface area contributed by atoms with Gasteiger partial charge in [-0.15, -0.1) is 17.5 Å². The fraction of sp³-hybridized carbons (Fsp3) is 0.316. The number of rotatable bonds is 10. The van der Waals surface area contributed by atoms with Crippen LogP contribution in [0.3, 0.4) is 0 Å². The Hall–Kier alpha value is -1.61.